The van der Waals surface area contributed by atoms with Crippen molar-refractivity contribution in [2.45, 2.75) is 50.8 Å². The summed E-state index contributed by atoms with van der Waals surface area (Å²) >= 11 is 0. The molecular weight excluding hydrogens is 290 g/mol. The van der Waals surface area contributed by atoms with Crippen LogP contribution in [0, 0.1) is 5.92 Å². The van der Waals surface area contributed by atoms with E-state index < -0.39 is 0 Å². The van der Waals surface area contributed by atoms with Crippen LogP contribution in [0.1, 0.15) is 55.6 Å². The molecule has 5 heteroatoms. The molecule has 2 fully saturated rings. The first-order valence-corrected chi connectivity index (χ1v) is 8.63. The van der Waals surface area contributed by atoms with Gasteiger partial charge in [-0.25, -0.2) is 4.98 Å². The summed E-state index contributed by atoms with van der Waals surface area (Å²) in [5, 5.41) is 3.62. The summed E-state index contributed by atoms with van der Waals surface area (Å²) in [6.45, 7) is 3.83. The molecule has 23 heavy (non-hydrogen) atoms. The van der Waals surface area contributed by atoms with Gasteiger partial charge in [0.25, 0.3) is 0 Å². The molecule has 2 aliphatic rings. The van der Waals surface area contributed by atoms with Gasteiger partial charge in [-0.15, -0.1) is 0 Å². The number of nitrogens with one attached hydrogen (secondary N) is 1. The Bertz CT molecular complexity index is 663. The fourth-order valence-corrected chi connectivity index (χ4v) is 3.53. The Kier molecular flexibility index (Phi) is 3.99. The normalized spacial score (nSPS) is 30.5. The number of nitrogens with zero attached hydrogens (tertiary/aromatic N) is 2. The molecule has 4 rings (SSSR count). The van der Waals surface area contributed by atoms with Crippen molar-refractivity contribution in [1.29, 1.82) is 0 Å². The zero-order chi connectivity index (χ0) is 15.8. The van der Waals surface area contributed by atoms with Gasteiger partial charge in [-0.3, -0.25) is 0 Å². The summed E-state index contributed by atoms with van der Waals surface area (Å²) in [6, 6.07) is 4.52. The molecule has 0 radical (unpaired) electrons. The summed E-state index contributed by atoms with van der Waals surface area (Å²) in [5.74, 6) is 4.58. The van der Waals surface area contributed by atoms with Gasteiger partial charge >= 0.3 is 0 Å². The Balaban J connectivity index is 1.40. The molecule has 1 aliphatic carbocycles. The van der Waals surface area contributed by atoms with Gasteiger partial charge in [-0.2, -0.15) is 0 Å². The van der Waals surface area contributed by atoms with Crippen LogP contribution in [0.3, 0.4) is 0 Å². The van der Waals surface area contributed by atoms with Gasteiger partial charge in [0.05, 0.1) is 6.54 Å². The van der Waals surface area contributed by atoms with Crippen molar-refractivity contribution >= 4 is 0 Å². The Morgan fingerprint density at radius 3 is 3.00 bits per heavy atom. The minimum atomic E-state index is 0.0154. The highest BCUT2D eigenvalue weighted by molar-refractivity contribution is 5.17. The van der Waals surface area contributed by atoms with E-state index in [9.17, 15) is 0 Å². The van der Waals surface area contributed by atoms with E-state index in [1.165, 1.54) is 6.42 Å². The third-order valence-corrected chi connectivity index (χ3v) is 5.13. The van der Waals surface area contributed by atoms with Crippen LogP contribution in [0.2, 0.25) is 0 Å². The molecule has 0 spiro atoms. The van der Waals surface area contributed by atoms with Crippen LogP contribution in [-0.4, -0.2) is 22.2 Å². The average Bonchev–Trinajstić information content (AvgIpc) is 2.96. The summed E-state index contributed by atoms with van der Waals surface area (Å²) < 4.78 is 14.0. The Morgan fingerprint density at radius 1 is 1.39 bits per heavy atom. The molecule has 0 unspecified atom stereocenters. The molecule has 1 saturated heterocycles. The second-order valence-electron chi connectivity index (χ2n) is 6.94. The van der Waals surface area contributed by atoms with Crippen molar-refractivity contribution in [3.8, 4) is 0 Å². The minimum absolute atomic E-state index is 0.0154. The predicted octanol–water partition coefficient (Wildman–Crippen LogP) is 3.15. The van der Waals surface area contributed by atoms with Crippen molar-refractivity contribution in [3.63, 3.8) is 0 Å². The molecule has 2 aromatic rings. The SMILES string of the molecule is C[C@H]1C[C@H]1c1ccc(CN[C@H]2CCCO[C@@H]2c2nccn2C)o1. The van der Waals surface area contributed by atoms with Gasteiger partial charge < -0.3 is 19.0 Å². The first-order chi connectivity index (χ1) is 11.2. The summed E-state index contributed by atoms with van der Waals surface area (Å²) in [6.07, 6.45) is 7.27. The van der Waals surface area contributed by atoms with Gasteiger partial charge in [0.2, 0.25) is 0 Å². The molecule has 0 amide bonds. The number of furan rings is 1. The largest absolute Gasteiger partial charge is 0.464 e. The van der Waals surface area contributed by atoms with Crippen molar-refractivity contribution < 1.29 is 9.15 Å². The van der Waals surface area contributed by atoms with Crippen molar-refractivity contribution in [1.82, 2.24) is 14.9 Å². The third-order valence-electron chi connectivity index (χ3n) is 5.13. The zero-order valence-corrected chi connectivity index (χ0v) is 13.9. The lowest BCUT2D eigenvalue weighted by atomic mass is 10.0. The summed E-state index contributed by atoms with van der Waals surface area (Å²) in [4.78, 5) is 4.46. The minimum Gasteiger partial charge on any atom is -0.464 e. The maximum atomic E-state index is 6.00. The molecule has 3 heterocycles. The van der Waals surface area contributed by atoms with Crippen LogP contribution in [0.15, 0.2) is 28.9 Å². The molecule has 124 valence electrons. The molecular formula is C18H25N3O2. The molecule has 5 nitrogen and oxygen atoms in total. The van der Waals surface area contributed by atoms with Gasteiger partial charge in [0.1, 0.15) is 23.4 Å². The van der Waals surface area contributed by atoms with E-state index in [0.29, 0.717) is 5.92 Å². The maximum Gasteiger partial charge on any atom is 0.139 e. The van der Waals surface area contributed by atoms with Crippen LogP contribution in [0.4, 0.5) is 0 Å². The van der Waals surface area contributed by atoms with Gasteiger partial charge in [-0.1, -0.05) is 6.92 Å². The third kappa shape index (κ3) is 3.08. The molecule has 1 aliphatic heterocycles. The van der Waals surface area contributed by atoms with E-state index in [0.717, 1.165) is 49.3 Å². The fourth-order valence-electron chi connectivity index (χ4n) is 3.53. The van der Waals surface area contributed by atoms with E-state index in [1.807, 2.05) is 24.0 Å². The lowest BCUT2D eigenvalue weighted by Crippen LogP contribution is -2.40. The van der Waals surface area contributed by atoms with E-state index in [4.69, 9.17) is 9.15 Å². The number of hydrogen-bond donors (Lipinski definition) is 1. The molecule has 1 N–H and O–H groups in total. The zero-order valence-electron chi connectivity index (χ0n) is 13.9. The Labute approximate surface area is 137 Å². The van der Waals surface area contributed by atoms with E-state index in [1.54, 1.807) is 0 Å². The molecule has 1 saturated carbocycles. The summed E-state index contributed by atoms with van der Waals surface area (Å²) in [5.41, 5.74) is 0. The van der Waals surface area contributed by atoms with Crippen LogP contribution in [-0.2, 0) is 18.3 Å². The number of aryl methyl sites for hydroxylation is 1. The molecule has 4 atom stereocenters. The first-order valence-electron chi connectivity index (χ1n) is 8.63. The molecule has 0 aromatic carbocycles. The monoisotopic (exact) mass is 315 g/mol. The average molecular weight is 315 g/mol. The van der Waals surface area contributed by atoms with E-state index in [-0.39, 0.29) is 12.1 Å². The van der Waals surface area contributed by atoms with Crippen LogP contribution in [0.25, 0.3) is 0 Å². The van der Waals surface area contributed by atoms with Gasteiger partial charge in [0.15, 0.2) is 0 Å². The molecule has 0 bridgehead atoms. The number of rotatable bonds is 5. The lowest BCUT2D eigenvalue weighted by Gasteiger charge is -2.31. The lowest BCUT2D eigenvalue weighted by molar-refractivity contribution is -0.0182. The molecule has 2 aromatic heterocycles. The smallest absolute Gasteiger partial charge is 0.139 e. The van der Waals surface area contributed by atoms with Crippen LogP contribution < -0.4 is 5.32 Å². The Hall–Kier alpha value is -1.59. The van der Waals surface area contributed by atoms with Crippen molar-refractivity contribution in [2.24, 2.45) is 13.0 Å². The van der Waals surface area contributed by atoms with Crippen LogP contribution >= 0.6 is 0 Å². The quantitative estimate of drug-likeness (QED) is 0.921. The Morgan fingerprint density at radius 2 is 2.26 bits per heavy atom. The second kappa shape index (κ2) is 6.13. The standard InChI is InChI=1S/C18H25N3O2/c1-12-10-14(12)16-6-5-13(23-16)11-20-15-4-3-9-22-17(15)18-19-7-8-21(18)2/h5-8,12,14-15,17,20H,3-4,9-11H2,1-2H3/t12-,14+,15-,17-/m0/s1. The van der Waals surface area contributed by atoms with E-state index in [2.05, 4.69) is 29.4 Å². The highest BCUT2D eigenvalue weighted by Crippen LogP contribution is 2.47. The van der Waals surface area contributed by atoms with Crippen LogP contribution in [0.5, 0.6) is 0 Å². The number of ether oxygens (including phenoxy) is 1. The fraction of sp³-hybridized carbons (Fsp3) is 0.611. The van der Waals surface area contributed by atoms with E-state index >= 15 is 0 Å². The first kappa shape index (κ1) is 15.0. The highest BCUT2D eigenvalue weighted by Gasteiger charge is 2.36. The highest BCUT2D eigenvalue weighted by atomic mass is 16.5. The predicted molar refractivity (Wildman–Crippen MR) is 87.0 cm³/mol. The number of imidazole rings is 1. The van der Waals surface area contributed by atoms with Gasteiger partial charge in [0, 0.05) is 38.0 Å². The number of hydrogen-bond acceptors (Lipinski definition) is 4. The second-order valence-corrected chi connectivity index (χ2v) is 6.94. The van der Waals surface area contributed by atoms with Crippen molar-refractivity contribution in [3.05, 3.63) is 41.9 Å². The number of aromatic nitrogens is 2. The van der Waals surface area contributed by atoms with Gasteiger partial charge in [-0.05, 0) is 37.3 Å². The van der Waals surface area contributed by atoms with Crippen molar-refractivity contribution in [2.75, 3.05) is 6.61 Å². The summed E-state index contributed by atoms with van der Waals surface area (Å²) in [7, 11) is 2.02. The topological polar surface area (TPSA) is 52.2 Å². The maximum absolute atomic E-state index is 6.00.